The summed E-state index contributed by atoms with van der Waals surface area (Å²) in [4.78, 5) is 15.3. The van der Waals surface area contributed by atoms with Crippen LogP contribution in [0.25, 0.3) is 0 Å². The van der Waals surface area contributed by atoms with E-state index in [0.717, 1.165) is 0 Å². The zero-order valence-corrected chi connectivity index (χ0v) is 7.92. The molecular weight excluding hydrogens is 196 g/mol. The van der Waals surface area contributed by atoms with Gasteiger partial charge in [-0.2, -0.15) is 15.4 Å². The molecule has 0 fully saturated rings. The van der Waals surface area contributed by atoms with Crippen molar-refractivity contribution in [3.05, 3.63) is 30.6 Å². The van der Waals surface area contributed by atoms with Crippen molar-refractivity contribution in [1.29, 1.82) is 0 Å². The number of imidazole rings is 1. The Bertz CT molecular complexity index is 406. The summed E-state index contributed by atoms with van der Waals surface area (Å²) in [7, 11) is 0. The molecule has 2 heterocycles. The number of carbonyl (C=O) groups excluding carboxylic acids is 1. The molecule has 0 bridgehead atoms. The van der Waals surface area contributed by atoms with Gasteiger partial charge in [0.25, 0.3) is 5.91 Å². The van der Waals surface area contributed by atoms with E-state index >= 15 is 0 Å². The minimum Gasteiger partial charge on any atom is -0.349 e. The van der Waals surface area contributed by atoms with Crippen LogP contribution in [0.2, 0.25) is 0 Å². The maximum atomic E-state index is 11.4. The summed E-state index contributed by atoms with van der Waals surface area (Å²) in [6, 6.07) is 0. The van der Waals surface area contributed by atoms with Crippen molar-refractivity contribution in [1.82, 2.24) is 30.3 Å². The number of nitrogens with zero attached hydrogens (tertiary/aromatic N) is 4. The predicted molar refractivity (Wildman–Crippen MR) is 50.9 cm³/mol. The number of amides is 1. The van der Waals surface area contributed by atoms with Gasteiger partial charge in [0.15, 0.2) is 5.69 Å². The largest absolute Gasteiger partial charge is 0.349 e. The second-order valence-corrected chi connectivity index (χ2v) is 2.91. The number of nitrogens with one attached hydrogen (secondary N) is 2. The van der Waals surface area contributed by atoms with E-state index in [1.807, 2.05) is 10.8 Å². The maximum absolute atomic E-state index is 11.4. The number of hydrogen-bond acceptors (Lipinski definition) is 4. The molecule has 0 aromatic carbocycles. The van der Waals surface area contributed by atoms with E-state index in [1.54, 1.807) is 12.5 Å². The summed E-state index contributed by atoms with van der Waals surface area (Å²) in [6.45, 7) is 1.21. The Morgan fingerprint density at radius 1 is 1.60 bits per heavy atom. The average molecular weight is 206 g/mol. The van der Waals surface area contributed by atoms with E-state index in [0.29, 0.717) is 18.8 Å². The Labute approximate surface area is 85.5 Å². The standard InChI is InChI=1S/C8H10N6O/c15-8(7-5-11-13-12-7)10-2-4-14-3-1-9-6-14/h1,3,5-6H,2,4H2,(H,10,15)(H,11,12,13). The molecule has 1 amide bonds. The maximum Gasteiger partial charge on any atom is 0.273 e. The lowest BCUT2D eigenvalue weighted by molar-refractivity contribution is 0.0947. The molecule has 0 aliphatic heterocycles. The molecule has 2 aromatic rings. The number of rotatable bonds is 4. The quantitative estimate of drug-likeness (QED) is 0.701. The van der Waals surface area contributed by atoms with E-state index in [1.165, 1.54) is 6.20 Å². The predicted octanol–water partition coefficient (Wildman–Crippen LogP) is -0.569. The van der Waals surface area contributed by atoms with Crippen LogP contribution in [0, 0.1) is 0 Å². The third-order valence-electron chi connectivity index (χ3n) is 1.86. The lowest BCUT2D eigenvalue weighted by atomic mass is 10.4. The Kier molecular flexibility index (Phi) is 2.72. The van der Waals surface area contributed by atoms with Gasteiger partial charge >= 0.3 is 0 Å². The molecule has 0 spiro atoms. The summed E-state index contributed by atoms with van der Waals surface area (Å²) in [6.07, 6.45) is 6.61. The molecule has 0 aliphatic carbocycles. The first-order chi connectivity index (χ1) is 7.36. The van der Waals surface area contributed by atoms with Crippen molar-refractivity contribution >= 4 is 5.91 Å². The molecule has 2 N–H and O–H groups in total. The molecule has 0 unspecified atom stereocenters. The van der Waals surface area contributed by atoms with Crippen molar-refractivity contribution in [2.45, 2.75) is 6.54 Å². The second kappa shape index (κ2) is 4.36. The second-order valence-electron chi connectivity index (χ2n) is 2.91. The highest BCUT2D eigenvalue weighted by Gasteiger charge is 2.06. The fraction of sp³-hybridized carbons (Fsp3) is 0.250. The molecule has 78 valence electrons. The van der Waals surface area contributed by atoms with Gasteiger partial charge in [-0.3, -0.25) is 4.79 Å². The van der Waals surface area contributed by atoms with Crippen molar-refractivity contribution in [3.63, 3.8) is 0 Å². The topological polar surface area (TPSA) is 88.5 Å². The van der Waals surface area contributed by atoms with E-state index in [4.69, 9.17) is 0 Å². The Morgan fingerprint density at radius 3 is 3.20 bits per heavy atom. The lowest BCUT2D eigenvalue weighted by Crippen LogP contribution is -2.27. The van der Waals surface area contributed by atoms with Gasteiger partial charge in [-0.05, 0) is 0 Å². The minimum atomic E-state index is -0.233. The fourth-order valence-corrected chi connectivity index (χ4v) is 1.12. The molecule has 0 aliphatic rings. The Morgan fingerprint density at radius 2 is 2.53 bits per heavy atom. The highest BCUT2D eigenvalue weighted by atomic mass is 16.1. The normalized spacial score (nSPS) is 10.1. The van der Waals surface area contributed by atoms with Crippen LogP contribution in [0.15, 0.2) is 24.9 Å². The Balaban J connectivity index is 1.77. The zero-order chi connectivity index (χ0) is 10.5. The van der Waals surface area contributed by atoms with Crippen molar-refractivity contribution in [2.75, 3.05) is 6.54 Å². The van der Waals surface area contributed by atoms with Gasteiger partial charge in [0.1, 0.15) is 0 Å². The van der Waals surface area contributed by atoms with Gasteiger partial charge in [0.2, 0.25) is 0 Å². The van der Waals surface area contributed by atoms with E-state index < -0.39 is 0 Å². The van der Waals surface area contributed by atoms with Gasteiger partial charge in [-0.25, -0.2) is 4.98 Å². The monoisotopic (exact) mass is 206 g/mol. The fourth-order valence-electron chi connectivity index (χ4n) is 1.12. The molecule has 0 atom stereocenters. The van der Waals surface area contributed by atoms with E-state index in [-0.39, 0.29) is 5.91 Å². The van der Waals surface area contributed by atoms with Crippen molar-refractivity contribution in [3.8, 4) is 0 Å². The van der Waals surface area contributed by atoms with Gasteiger partial charge < -0.3 is 9.88 Å². The third kappa shape index (κ3) is 2.39. The first kappa shape index (κ1) is 9.38. The summed E-state index contributed by atoms with van der Waals surface area (Å²) in [5, 5.41) is 12.3. The molecule has 0 saturated carbocycles. The molecule has 2 aromatic heterocycles. The van der Waals surface area contributed by atoms with Crippen LogP contribution in [0.1, 0.15) is 10.5 Å². The first-order valence-electron chi connectivity index (χ1n) is 4.46. The summed E-state index contributed by atoms with van der Waals surface area (Å²) in [5.41, 5.74) is 0.292. The summed E-state index contributed by atoms with van der Waals surface area (Å²) < 4.78 is 1.88. The van der Waals surface area contributed by atoms with Crippen LogP contribution in [0.5, 0.6) is 0 Å². The minimum absolute atomic E-state index is 0.233. The van der Waals surface area contributed by atoms with Crippen molar-refractivity contribution < 1.29 is 4.79 Å². The number of H-pyrrole nitrogens is 1. The van der Waals surface area contributed by atoms with Gasteiger partial charge in [0, 0.05) is 25.5 Å². The van der Waals surface area contributed by atoms with Crippen LogP contribution >= 0.6 is 0 Å². The van der Waals surface area contributed by atoms with E-state index in [2.05, 4.69) is 25.7 Å². The zero-order valence-electron chi connectivity index (χ0n) is 7.92. The number of aromatic nitrogens is 5. The van der Waals surface area contributed by atoms with Crippen LogP contribution in [0.4, 0.5) is 0 Å². The molecule has 0 radical (unpaired) electrons. The summed E-state index contributed by atoms with van der Waals surface area (Å²) >= 11 is 0. The number of hydrogen-bond donors (Lipinski definition) is 2. The molecule has 7 heteroatoms. The molecule has 7 nitrogen and oxygen atoms in total. The molecule has 0 saturated heterocycles. The number of carbonyl (C=O) groups is 1. The van der Waals surface area contributed by atoms with Crippen LogP contribution < -0.4 is 5.32 Å². The van der Waals surface area contributed by atoms with Crippen molar-refractivity contribution in [2.24, 2.45) is 0 Å². The van der Waals surface area contributed by atoms with Gasteiger partial charge in [-0.15, -0.1) is 0 Å². The number of aromatic amines is 1. The van der Waals surface area contributed by atoms with Crippen LogP contribution in [0.3, 0.4) is 0 Å². The van der Waals surface area contributed by atoms with E-state index in [9.17, 15) is 4.79 Å². The molecule has 2 rings (SSSR count). The lowest BCUT2D eigenvalue weighted by Gasteiger charge is -2.02. The van der Waals surface area contributed by atoms with Gasteiger partial charge in [0.05, 0.1) is 12.5 Å². The van der Waals surface area contributed by atoms with Crippen LogP contribution in [-0.2, 0) is 6.54 Å². The highest BCUT2D eigenvalue weighted by molar-refractivity contribution is 5.91. The van der Waals surface area contributed by atoms with Crippen LogP contribution in [-0.4, -0.2) is 37.4 Å². The van der Waals surface area contributed by atoms with Gasteiger partial charge in [-0.1, -0.05) is 0 Å². The molecular formula is C8H10N6O. The SMILES string of the molecule is O=C(NCCn1ccnc1)c1cn[nH]n1. The third-order valence-corrected chi connectivity index (χ3v) is 1.86. The Hall–Kier alpha value is -2.18. The molecule has 15 heavy (non-hydrogen) atoms. The highest BCUT2D eigenvalue weighted by Crippen LogP contribution is 1.88. The average Bonchev–Trinajstić information content (AvgIpc) is 2.90. The first-order valence-corrected chi connectivity index (χ1v) is 4.46. The smallest absolute Gasteiger partial charge is 0.273 e. The summed E-state index contributed by atoms with van der Waals surface area (Å²) in [5.74, 6) is -0.233.